The van der Waals surface area contributed by atoms with Gasteiger partial charge < -0.3 is 21.1 Å². The first-order valence-corrected chi connectivity index (χ1v) is 11.3. The standard InChI is InChI=1S/C23H25N5O3S/c1-14-6-7-15(22(30)31-2)10-18(14)27-19(29)13-32-21-17(12-25)23(8-4-3-5-9-23)16(11-24)20(26)28-21/h6-7,10,28H,3-5,8-9,13,26H2,1-2H3,(H,27,29). The zero-order chi connectivity index (χ0) is 23.3. The molecular formula is C23H25N5O3S. The molecular weight excluding hydrogens is 426 g/mol. The first-order valence-electron chi connectivity index (χ1n) is 10.3. The number of carbonyl (C=O) groups excluding carboxylic acids is 2. The molecule has 1 aromatic rings. The number of rotatable bonds is 5. The number of benzene rings is 1. The number of nitrogens with one attached hydrogen (secondary N) is 2. The number of anilines is 1. The van der Waals surface area contributed by atoms with E-state index < -0.39 is 11.4 Å². The van der Waals surface area contributed by atoms with Gasteiger partial charge in [0.2, 0.25) is 5.91 Å². The van der Waals surface area contributed by atoms with E-state index in [1.165, 1.54) is 18.9 Å². The van der Waals surface area contributed by atoms with Crippen molar-refractivity contribution >= 4 is 29.3 Å². The summed E-state index contributed by atoms with van der Waals surface area (Å²) in [6, 6.07) is 9.42. The fourth-order valence-electron chi connectivity index (χ4n) is 4.26. The van der Waals surface area contributed by atoms with Crippen LogP contribution in [0.2, 0.25) is 0 Å². The summed E-state index contributed by atoms with van der Waals surface area (Å²) in [6.07, 6.45) is 4.27. The van der Waals surface area contributed by atoms with Crippen molar-refractivity contribution in [3.63, 3.8) is 0 Å². The molecule has 0 unspecified atom stereocenters. The molecule has 1 saturated carbocycles. The van der Waals surface area contributed by atoms with Gasteiger partial charge in [0.25, 0.3) is 0 Å². The highest BCUT2D eigenvalue weighted by atomic mass is 32.2. The van der Waals surface area contributed by atoms with Crippen LogP contribution in [-0.4, -0.2) is 24.7 Å². The van der Waals surface area contributed by atoms with E-state index in [0.717, 1.165) is 24.8 Å². The molecule has 0 aromatic heterocycles. The summed E-state index contributed by atoms with van der Waals surface area (Å²) in [5.41, 5.74) is 8.02. The van der Waals surface area contributed by atoms with Gasteiger partial charge in [0.1, 0.15) is 5.82 Å². The molecule has 0 radical (unpaired) electrons. The Morgan fingerprint density at radius 1 is 1.22 bits per heavy atom. The molecule has 3 rings (SSSR count). The van der Waals surface area contributed by atoms with Gasteiger partial charge in [-0.25, -0.2) is 4.79 Å². The van der Waals surface area contributed by atoms with Gasteiger partial charge in [-0.2, -0.15) is 10.5 Å². The van der Waals surface area contributed by atoms with Crippen LogP contribution in [0.5, 0.6) is 0 Å². The fraction of sp³-hybridized carbons (Fsp3) is 0.391. The lowest BCUT2D eigenvalue weighted by Gasteiger charge is -2.40. The lowest BCUT2D eigenvalue weighted by molar-refractivity contribution is -0.113. The van der Waals surface area contributed by atoms with Crippen molar-refractivity contribution in [2.45, 2.75) is 39.0 Å². The topological polar surface area (TPSA) is 141 Å². The molecule has 8 nitrogen and oxygen atoms in total. The predicted molar refractivity (Wildman–Crippen MR) is 122 cm³/mol. The van der Waals surface area contributed by atoms with E-state index in [-0.39, 0.29) is 17.5 Å². The summed E-state index contributed by atoms with van der Waals surface area (Å²) in [5.74, 6) is -0.505. The van der Waals surface area contributed by atoms with Crippen LogP contribution in [0.25, 0.3) is 0 Å². The van der Waals surface area contributed by atoms with Crippen LogP contribution in [0.4, 0.5) is 5.69 Å². The Balaban J connectivity index is 1.79. The summed E-state index contributed by atoms with van der Waals surface area (Å²) < 4.78 is 4.73. The molecule has 0 bridgehead atoms. The number of dihydropyridines is 1. The molecule has 32 heavy (non-hydrogen) atoms. The number of nitrogens with two attached hydrogens (primary N) is 1. The van der Waals surface area contributed by atoms with Crippen LogP contribution in [0.1, 0.15) is 48.0 Å². The minimum Gasteiger partial charge on any atom is -0.465 e. The number of thioether (sulfide) groups is 1. The maximum Gasteiger partial charge on any atom is 0.337 e. The van der Waals surface area contributed by atoms with Crippen molar-refractivity contribution in [1.82, 2.24) is 5.32 Å². The van der Waals surface area contributed by atoms with E-state index in [2.05, 4.69) is 22.8 Å². The largest absolute Gasteiger partial charge is 0.465 e. The van der Waals surface area contributed by atoms with Gasteiger partial charge in [0.05, 0.1) is 46.7 Å². The second-order valence-electron chi connectivity index (χ2n) is 7.84. The van der Waals surface area contributed by atoms with Gasteiger partial charge in [-0.1, -0.05) is 37.1 Å². The number of methoxy groups -OCH3 is 1. The number of carbonyl (C=O) groups is 2. The van der Waals surface area contributed by atoms with Crippen molar-refractivity contribution in [2.75, 3.05) is 18.2 Å². The Labute approximate surface area is 191 Å². The first kappa shape index (κ1) is 23.2. The molecule has 0 atom stereocenters. The zero-order valence-corrected chi connectivity index (χ0v) is 18.9. The SMILES string of the molecule is COC(=O)c1ccc(C)c(NC(=O)CSC2=C(C#N)C3(CCCCC3)C(C#N)=C(N)N2)c1. The summed E-state index contributed by atoms with van der Waals surface area (Å²) in [5, 5.41) is 25.9. The number of hydrogen-bond acceptors (Lipinski definition) is 8. The lowest BCUT2D eigenvalue weighted by atomic mass is 9.64. The second-order valence-corrected chi connectivity index (χ2v) is 8.83. The van der Waals surface area contributed by atoms with Crippen LogP contribution < -0.4 is 16.4 Å². The number of hydrogen-bond donors (Lipinski definition) is 3. The monoisotopic (exact) mass is 451 g/mol. The minimum atomic E-state index is -0.679. The molecule has 1 spiro atoms. The Morgan fingerprint density at radius 3 is 2.53 bits per heavy atom. The molecule has 2 aliphatic rings. The van der Waals surface area contributed by atoms with E-state index in [1.807, 2.05) is 6.92 Å². The summed E-state index contributed by atoms with van der Waals surface area (Å²) in [7, 11) is 1.30. The van der Waals surface area contributed by atoms with Gasteiger partial charge >= 0.3 is 5.97 Å². The van der Waals surface area contributed by atoms with E-state index in [1.54, 1.807) is 18.2 Å². The van der Waals surface area contributed by atoms with Gasteiger partial charge in [-0.05, 0) is 37.5 Å². The van der Waals surface area contributed by atoms with Gasteiger partial charge in [0.15, 0.2) is 0 Å². The van der Waals surface area contributed by atoms with Crippen molar-refractivity contribution in [3.8, 4) is 12.1 Å². The van der Waals surface area contributed by atoms with Crippen molar-refractivity contribution < 1.29 is 14.3 Å². The molecule has 1 aliphatic carbocycles. The van der Waals surface area contributed by atoms with Crippen LogP contribution in [0.15, 0.2) is 40.2 Å². The van der Waals surface area contributed by atoms with Crippen LogP contribution >= 0.6 is 11.8 Å². The van der Waals surface area contributed by atoms with Gasteiger partial charge in [-0.3, -0.25) is 4.79 Å². The average molecular weight is 452 g/mol. The maximum atomic E-state index is 12.6. The molecule has 1 aromatic carbocycles. The van der Waals surface area contributed by atoms with Gasteiger partial charge in [-0.15, -0.1) is 0 Å². The predicted octanol–water partition coefficient (Wildman–Crippen LogP) is 3.44. The summed E-state index contributed by atoms with van der Waals surface area (Å²) in [6.45, 7) is 1.82. The van der Waals surface area contributed by atoms with Crippen molar-refractivity contribution in [1.29, 1.82) is 10.5 Å². The quantitative estimate of drug-likeness (QED) is 0.578. The Bertz CT molecular complexity index is 1090. The maximum absolute atomic E-state index is 12.6. The second kappa shape index (κ2) is 9.80. The number of allylic oxidation sites excluding steroid dienone is 2. The number of esters is 1. The fourth-order valence-corrected chi connectivity index (χ4v) is 5.18. The molecule has 1 fully saturated rings. The molecule has 1 amide bonds. The van der Waals surface area contributed by atoms with Crippen molar-refractivity contribution in [3.05, 3.63) is 51.3 Å². The van der Waals surface area contributed by atoms with Crippen LogP contribution in [0, 0.1) is 35.0 Å². The number of nitriles is 2. The molecule has 9 heteroatoms. The van der Waals surface area contributed by atoms with Gasteiger partial charge in [0, 0.05) is 11.1 Å². The average Bonchev–Trinajstić information content (AvgIpc) is 2.79. The molecule has 0 saturated heterocycles. The van der Waals surface area contributed by atoms with E-state index >= 15 is 0 Å². The first-order chi connectivity index (χ1) is 15.4. The number of aryl methyl sites for hydroxylation is 1. The molecule has 1 aliphatic heterocycles. The Hall–Kier alpha value is -3.43. The summed E-state index contributed by atoms with van der Waals surface area (Å²) >= 11 is 1.18. The highest BCUT2D eigenvalue weighted by Crippen LogP contribution is 2.51. The molecule has 1 heterocycles. The van der Waals surface area contributed by atoms with Crippen LogP contribution in [0.3, 0.4) is 0 Å². The Morgan fingerprint density at radius 2 is 1.91 bits per heavy atom. The minimum absolute atomic E-state index is 0.0284. The van der Waals surface area contributed by atoms with E-state index in [9.17, 15) is 20.1 Å². The van der Waals surface area contributed by atoms with Crippen molar-refractivity contribution in [2.24, 2.45) is 11.1 Å². The zero-order valence-electron chi connectivity index (χ0n) is 18.1. The number of amides is 1. The normalized spacial score (nSPS) is 17.2. The highest BCUT2D eigenvalue weighted by Gasteiger charge is 2.45. The third kappa shape index (κ3) is 4.44. The van der Waals surface area contributed by atoms with E-state index in [0.29, 0.717) is 40.3 Å². The van der Waals surface area contributed by atoms with Crippen LogP contribution in [-0.2, 0) is 9.53 Å². The van der Waals surface area contributed by atoms with E-state index in [4.69, 9.17) is 10.5 Å². The third-order valence-corrected chi connectivity index (χ3v) is 6.91. The number of ether oxygens (including phenoxy) is 1. The molecule has 166 valence electrons. The third-order valence-electron chi connectivity index (χ3n) is 5.91. The molecule has 4 N–H and O–H groups in total. The Kier molecular flexibility index (Phi) is 7.12. The lowest BCUT2D eigenvalue weighted by Crippen LogP contribution is -2.39. The highest BCUT2D eigenvalue weighted by molar-refractivity contribution is 8.03. The smallest absolute Gasteiger partial charge is 0.337 e. The number of nitrogens with zero attached hydrogens (tertiary/aromatic N) is 2. The summed E-state index contributed by atoms with van der Waals surface area (Å²) in [4.78, 5) is 24.4.